The van der Waals surface area contributed by atoms with Crippen molar-refractivity contribution in [3.63, 3.8) is 0 Å². The third-order valence-electron chi connectivity index (χ3n) is 3.92. The Morgan fingerprint density at radius 1 is 0.720 bits per heavy atom. The summed E-state index contributed by atoms with van der Waals surface area (Å²) in [6.07, 6.45) is 0. The Morgan fingerprint density at radius 3 is 1.32 bits per heavy atom. The minimum Gasteiger partial charge on any atom is -0.506 e. The smallest absolute Gasteiger partial charge is 0.298 e. The predicted octanol–water partition coefficient (Wildman–Crippen LogP) is 1.92. The Morgan fingerprint density at radius 2 is 1.04 bits per heavy atom. The molecule has 8 nitrogen and oxygen atoms in total. The lowest BCUT2D eigenvalue weighted by molar-refractivity contribution is 0.441. The molecule has 0 amide bonds. The first-order valence-electron chi connectivity index (χ1n) is 6.86. The highest BCUT2D eigenvalue weighted by Crippen LogP contribution is 2.37. The second kappa shape index (κ2) is 5.99. The van der Waals surface area contributed by atoms with Crippen LogP contribution in [0.15, 0.2) is 46.2 Å². The lowest BCUT2D eigenvalue weighted by atomic mass is 9.78. The zero-order valence-electron chi connectivity index (χ0n) is 13.2. The number of phenolic OH excluding ortho intramolecular Hbond substituents is 2. The SMILES string of the molecule is CC(C)(c1ccc(O)c(S(=O)(=O)O)c1)c1ccc(O)c(S(=O)(=O)O)c1. The molecule has 0 aromatic heterocycles. The maximum Gasteiger partial charge on any atom is 0.298 e. The standard InChI is InChI=1S/C15H16O8S2/c1-15(2,9-3-5-11(16)13(7-9)24(18,19)20)10-4-6-12(17)14(8-10)25(21,22)23/h3-8,16-17H,1-2H3,(H,18,19,20)(H,21,22,23). The van der Waals surface area contributed by atoms with Crippen molar-refractivity contribution < 1.29 is 36.2 Å². The highest BCUT2D eigenvalue weighted by atomic mass is 32.2. The summed E-state index contributed by atoms with van der Waals surface area (Å²) in [6.45, 7) is 3.26. The van der Waals surface area contributed by atoms with Gasteiger partial charge < -0.3 is 10.2 Å². The van der Waals surface area contributed by atoms with E-state index in [4.69, 9.17) is 0 Å². The molecule has 0 bridgehead atoms. The van der Waals surface area contributed by atoms with Crippen LogP contribution in [0.5, 0.6) is 11.5 Å². The Balaban J connectivity index is 2.68. The molecule has 0 heterocycles. The summed E-state index contributed by atoms with van der Waals surface area (Å²) >= 11 is 0. The van der Waals surface area contributed by atoms with Crippen LogP contribution < -0.4 is 0 Å². The zero-order chi connectivity index (χ0) is 19.2. The highest BCUT2D eigenvalue weighted by molar-refractivity contribution is 7.86. The number of phenols is 2. The fourth-order valence-corrected chi connectivity index (χ4v) is 3.60. The Labute approximate surface area is 144 Å². The van der Waals surface area contributed by atoms with Crippen LogP contribution in [0.2, 0.25) is 0 Å². The second-order valence-corrected chi connectivity index (χ2v) is 8.72. The van der Waals surface area contributed by atoms with E-state index in [1.807, 2.05) is 0 Å². The maximum absolute atomic E-state index is 11.3. The van der Waals surface area contributed by atoms with E-state index in [1.165, 1.54) is 12.1 Å². The van der Waals surface area contributed by atoms with E-state index in [9.17, 15) is 36.2 Å². The van der Waals surface area contributed by atoms with Gasteiger partial charge in [0.05, 0.1) is 0 Å². The van der Waals surface area contributed by atoms with Gasteiger partial charge in [-0.1, -0.05) is 26.0 Å². The summed E-state index contributed by atoms with van der Waals surface area (Å²) in [5.41, 5.74) is -0.310. The topological polar surface area (TPSA) is 149 Å². The Bertz CT molecular complexity index is 954. The van der Waals surface area contributed by atoms with Crippen molar-refractivity contribution in [2.24, 2.45) is 0 Å². The number of aromatic hydroxyl groups is 2. The van der Waals surface area contributed by atoms with Gasteiger partial charge in [0.1, 0.15) is 21.3 Å². The van der Waals surface area contributed by atoms with Gasteiger partial charge in [-0.25, -0.2) is 0 Å². The maximum atomic E-state index is 11.3. The first kappa shape index (κ1) is 19.2. The van der Waals surface area contributed by atoms with Gasteiger partial charge in [-0.2, -0.15) is 16.8 Å². The van der Waals surface area contributed by atoms with Crippen LogP contribution in [0.3, 0.4) is 0 Å². The molecule has 2 aromatic carbocycles. The number of rotatable bonds is 4. The molecule has 0 unspecified atom stereocenters. The van der Waals surface area contributed by atoms with Crippen LogP contribution in [0.25, 0.3) is 0 Å². The summed E-state index contributed by atoms with van der Waals surface area (Å²) in [5.74, 6) is -1.27. The van der Waals surface area contributed by atoms with Crippen molar-refractivity contribution in [3.05, 3.63) is 47.5 Å². The molecule has 0 saturated heterocycles. The Hall–Kier alpha value is -2.14. The number of hydrogen-bond donors (Lipinski definition) is 4. The molecule has 0 aliphatic rings. The van der Waals surface area contributed by atoms with E-state index in [0.717, 1.165) is 24.3 Å². The minimum atomic E-state index is -4.66. The molecule has 0 spiro atoms. The molecule has 2 rings (SSSR count). The normalized spacial score (nSPS) is 13.0. The summed E-state index contributed by atoms with van der Waals surface area (Å²) in [7, 11) is -9.32. The van der Waals surface area contributed by atoms with Gasteiger partial charge in [-0.15, -0.1) is 0 Å². The van der Waals surface area contributed by atoms with Gasteiger partial charge in [0.15, 0.2) is 0 Å². The van der Waals surface area contributed by atoms with Crippen molar-refractivity contribution in [1.82, 2.24) is 0 Å². The molecule has 0 saturated carbocycles. The predicted molar refractivity (Wildman–Crippen MR) is 88.0 cm³/mol. The molecule has 10 heteroatoms. The van der Waals surface area contributed by atoms with E-state index >= 15 is 0 Å². The number of hydrogen-bond acceptors (Lipinski definition) is 6. The summed E-state index contributed by atoms with van der Waals surface area (Å²) in [4.78, 5) is -1.38. The van der Waals surface area contributed by atoms with Crippen LogP contribution in [0.1, 0.15) is 25.0 Å². The molecule has 0 aliphatic heterocycles. The van der Waals surface area contributed by atoms with E-state index in [1.54, 1.807) is 13.8 Å². The fraction of sp³-hybridized carbons (Fsp3) is 0.200. The van der Waals surface area contributed by atoms with Crippen LogP contribution in [-0.4, -0.2) is 36.2 Å². The Kier molecular flexibility index (Phi) is 4.60. The van der Waals surface area contributed by atoms with Crippen molar-refractivity contribution >= 4 is 20.2 Å². The molecule has 0 fully saturated rings. The molecule has 4 N–H and O–H groups in total. The average molecular weight is 388 g/mol. The lowest BCUT2D eigenvalue weighted by Crippen LogP contribution is -2.20. The van der Waals surface area contributed by atoms with E-state index < -0.39 is 46.9 Å². The monoisotopic (exact) mass is 388 g/mol. The van der Waals surface area contributed by atoms with E-state index in [0.29, 0.717) is 11.1 Å². The van der Waals surface area contributed by atoms with Gasteiger partial charge in [-0.05, 0) is 35.4 Å². The summed E-state index contributed by atoms with van der Waals surface area (Å²) < 4.78 is 63.8. The molecule has 136 valence electrons. The van der Waals surface area contributed by atoms with Crippen LogP contribution in [-0.2, 0) is 25.7 Å². The molecular weight excluding hydrogens is 372 g/mol. The van der Waals surface area contributed by atoms with Crippen LogP contribution in [0, 0.1) is 0 Å². The summed E-state index contributed by atoms with van der Waals surface area (Å²) in [5, 5.41) is 19.2. The third-order valence-corrected chi connectivity index (χ3v) is 5.68. The fourth-order valence-electron chi connectivity index (χ4n) is 2.39. The molecule has 0 radical (unpaired) electrons. The first-order chi connectivity index (χ1) is 11.2. The van der Waals surface area contributed by atoms with Crippen LogP contribution >= 0.6 is 0 Å². The molecule has 2 aromatic rings. The average Bonchev–Trinajstić information content (AvgIpc) is 2.45. The first-order valence-corrected chi connectivity index (χ1v) is 9.74. The van der Waals surface area contributed by atoms with Crippen molar-refractivity contribution in [2.45, 2.75) is 29.1 Å². The molecular formula is C15H16O8S2. The van der Waals surface area contributed by atoms with Gasteiger partial charge in [0.2, 0.25) is 0 Å². The van der Waals surface area contributed by atoms with E-state index in [2.05, 4.69) is 0 Å². The number of benzene rings is 2. The van der Waals surface area contributed by atoms with Crippen LogP contribution in [0.4, 0.5) is 0 Å². The van der Waals surface area contributed by atoms with Gasteiger partial charge in [0, 0.05) is 5.41 Å². The van der Waals surface area contributed by atoms with Gasteiger partial charge in [-0.3, -0.25) is 9.11 Å². The zero-order valence-corrected chi connectivity index (χ0v) is 14.8. The third kappa shape index (κ3) is 3.76. The largest absolute Gasteiger partial charge is 0.506 e. The van der Waals surface area contributed by atoms with Crippen molar-refractivity contribution in [3.8, 4) is 11.5 Å². The van der Waals surface area contributed by atoms with Gasteiger partial charge in [0.25, 0.3) is 20.2 Å². The van der Waals surface area contributed by atoms with Crippen molar-refractivity contribution in [1.29, 1.82) is 0 Å². The summed E-state index contributed by atoms with van der Waals surface area (Å²) in [6, 6.07) is 7.11. The molecule has 0 aliphatic carbocycles. The van der Waals surface area contributed by atoms with E-state index in [-0.39, 0.29) is 0 Å². The molecule has 25 heavy (non-hydrogen) atoms. The van der Waals surface area contributed by atoms with Gasteiger partial charge >= 0.3 is 0 Å². The minimum absolute atomic E-state index is 0.338. The lowest BCUT2D eigenvalue weighted by Gasteiger charge is -2.27. The quantitative estimate of drug-likeness (QED) is 0.580. The second-order valence-electron chi connectivity index (χ2n) is 5.94. The van der Waals surface area contributed by atoms with Crippen molar-refractivity contribution in [2.75, 3.05) is 0 Å². The highest BCUT2D eigenvalue weighted by Gasteiger charge is 2.28. The molecule has 0 atom stereocenters.